The highest BCUT2D eigenvalue weighted by atomic mass is 35.5. The van der Waals surface area contributed by atoms with E-state index in [9.17, 15) is 9.59 Å². The zero-order chi connectivity index (χ0) is 20.1. The number of para-hydroxylation sites is 1. The summed E-state index contributed by atoms with van der Waals surface area (Å²) in [6.07, 6.45) is 1.28. The molecular formula is C20H17ClN4O3. The maximum Gasteiger partial charge on any atom is 0.339 e. The van der Waals surface area contributed by atoms with Crippen LogP contribution in [0, 0.1) is 6.92 Å². The molecule has 28 heavy (non-hydrogen) atoms. The average Bonchev–Trinajstić information content (AvgIpc) is 2.71. The third kappa shape index (κ3) is 4.27. The van der Waals surface area contributed by atoms with Crippen molar-refractivity contribution in [2.24, 2.45) is 0 Å². The van der Waals surface area contributed by atoms with Gasteiger partial charge >= 0.3 is 5.97 Å². The smallest absolute Gasteiger partial charge is 0.339 e. The second-order valence-corrected chi connectivity index (χ2v) is 6.22. The van der Waals surface area contributed by atoms with E-state index in [1.807, 2.05) is 19.1 Å². The van der Waals surface area contributed by atoms with Gasteiger partial charge in [0, 0.05) is 16.8 Å². The van der Waals surface area contributed by atoms with Crippen LogP contribution >= 0.6 is 11.6 Å². The van der Waals surface area contributed by atoms with Crippen molar-refractivity contribution in [2.75, 3.05) is 17.7 Å². The van der Waals surface area contributed by atoms with Crippen molar-refractivity contribution in [3.63, 3.8) is 0 Å². The van der Waals surface area contributed by atoms with Crippen LogP contribution in [0.3, 0.4) is 0 Å². The molecule has 0 saturated heterocycles. The molecule has 0 atom stereocenters. The summed E-state index contributed by atoms with van der Waals surface area (Å²) in [5.41, 5.74) is 2.35. The molecule has 0 spiro atoms. The first kappa shape index (κ1) is 19.3. The third-order valence-corrected chi connectivity index (χ3v) is 4.42. The highest BCUT2D eigenvalue weighted by molar-refractivity contribution is 6.31. The Labute approximate surface area is 166 Å². The number of anilines is 3. The Balaban J connectivity index is 1.82. The fraction of sp³-hybridized carbons (Fsp3) is 0.100. The van der Waals surface area contributed by atoms with E-state index in [-0.39, 0.29) is 11.3 Å². The Morgan fingerprint density at radius 3 is 2.57 bits per heavy atom. The minimum Gasteiger partial charge on any atom is -0.465 e. The number of aromatic nitrogens is 2. The summed E-state index contributed by atoms with van der Waals surface area (Å²) in [4.78, 5) is 32.6. The van der Waals surface area contributed by atoms with Crippen molar-refractivity contribution in [3.8, 4) is 0 Å². The van der Waals surface area contributed by atoms with Crippen LogP contribution in [-0.4, -0.2) is 29.0 Å². The van der Waals surface area contributed by atoms with Gasteiger partial charge in [-0.05, 0) is 36.8 Å². The molecule has 0 fully saturated rings. The van der Waals surface area contributed by atoms with Crippen LogP contribution in [0.1, 0.15) is 26.4 Å². The first-order chi connectivity index (χ1) is 13.5. The van der Waals surface area contributed by atoms with E-state index in [1.165, 1.54) is 19.5 Å². The van der Waals surface area contributed by atoms with E-state index in [2.05, 4.69) is 20.6 Å². The van der Waals surface area contributed by atoms with E-state index < -0.39 is 11.9 Å². The van der Waals surface area contributed by atoms with Crippen LogP contribution in [0.15, 0.2) is 54.9 Å². The summed E-state index contributed by atoms with van der Waals surface area (Å²) in [6.45, 7) is 1.88. The van der Waals surface area contributed by atoms with Gasteiger partial charge in [-0.1, -0.05) is 29.8 Å². The van der Waals surface area contributed by atoms with E-state index in [1.54, 1.807) is 30.3 Å². The highest BCUT2D eigenvalue weighted by Crippen LogP contribution is 2.25. The largest absolute Gasteiger partial charge is 0.465 e. The van der Waals surface area contributed by atoms with Gasteiger partial charge in [0.25, 0.3) is 5.91 Å². The zero-order valence-electron chi connectivity index (χ0n) is 15.2. The van der Waals surface area contributed by atoms with Gasteiger partial charge in [-0.2, -0.15) is 0 Å². The second-order valence-electron chi connectivity index (χ2n) is 5.82. The lowest BCUT2D eigenvalue weighted by atomic mass is 10.1. The first-order valence-electron chi connectivity index (χ1n) is 8.32. The molecule has 1 amide bonds. The lowest BCUT2D eigenvalue weighted by Gasteiger charge is -2.11. The number of amides is 1. The normalized spacial score (nSPS) is 10.2. The van der Waals surface area contributed by atoms with Gasteiger partial charge in [-0.15, -0.1) is 0 Å². The first-order valence-corrected chi connectivity index (χ1v) is 8.70. The fourth-order valence-corrected chi connectivity index (χ4v) is 2.67. The van der Waals surface area contributed by atoms with Gasteiger partial charge < -0.3 is 15.4 Å². The lowest BCUT2D eigenvalue weighted by Crippen LogP contribution is -2.17. The maximum atomic E-state index is 12.6. The van der Waals surface area contributed by atoms with Crippen LogP contribution in [0.25, 0.3) is 0 Å². The number of esters is 1. The molecular weight excluding hydrogens is 380 g/mol. The lowest BCUT2D eigenvalue weighted by molar-refractivity contribution is 0.0602. The maximum absolute atomic E-state index is 12.6. The topological polar surface area (TPSA) is 93.2 Å². The third-order valence-electron chi connectivity index (χ3n) is 4.01. The molecule has 3 aromatic rings. The predicted octanol–water partition coefficient (Wildman–Crippen LogP) is 4.22. The van der Waals surface area contributed by atoms with Gasteiger partial charge in [0.2, 0.25) is 0 Å². The number of methoxy groups -OCH3 is 1. The number of hydrogen-bond acceptors (Lipinski definition) is 6. The van der Waals surface area contributed by atoms with E-state index in [0.717, 1.165) is 11.3 Å². The molecule has 2 N–H and O–H groups in total. The number of halogens is 1. The van der Waals surface area contributed by atoms with Gasteiger partial charge in [0.15, 0.2) is 0 Å². The number of carbonyl (C=O) groups is 2. The number of rotatable bonds is 5. The van der Waals surface area contributed by atoms with Crippen molar-refractivity contribution in [1.29, 1.82) is 0 Å². The molecule has 3 rings (SSSR count). The summed E-state index contributed by atoms with van der Waals surface area (Å²) < 4.78 is 4.73. The molecule has 1 heterocycles. The Morgan fingerprint density at radius 2 is 1.79 bits per heavy atom. The monoisotopic (exact) mass is 396 g/mol. The minimum atomic E-state index is -0.544. The summed E-state index contributed by atoms with van der Waals surface area (Å²) in [6, 6.07) is 13.5. The van der Waals surface area contributed by atoms with Crippen LogP contribution in [0.4, 0.5) is 17.2 Å². The Kier molecular flexibility index (Phi) is 5.86. The molecule has 1 aromatic heterocycles. The SMILES string of the molecule is COC(=O)c1ccccc1NC(=O)c1cc(Nc2cccc(Cl)c2C)ncn1. The van der Waals surface area contributed by atoms with Crippen molar-refractivity contribution in [3.05, 3.63) is 76.7 Å². The Bertz CT molecular complexity index is 1040. The van der Waals surface area contributed by atoms with Crippen LogP contribution in [-0.2, 0) is 4.74 Å². The number of benzene rings is 2. The molecule has 0 aliphatic heterocycles. The zero-order valence-corrected chi connectivity index (χ0v) is 15.9. The Hall–Kier alpha value is -3.45. The van der Waals surface area contributed by atoms with Crippen molar-refractivity contribution in [2.45, 2.75) is 6.92 Å². The molecule has 8 heteroatoms. The molecule has 2 aromatic carbocycles. The van der Waals surface area contributed by atoms with Crippen LogP contribution in [0.2, 0.25) is 5.02 Å². The van der Waals surface area contributed by atoms with Crippen molar-refractivity contribution in [1.82, 2.24) is 9.97 Å². The fourth-order valence-electron chi connectivity index (χ4n) is 2.50. The number of carbonyl (C=O) groups excluding carboxylic acids is 2. The van der Waals surface area contributed by atoms with E-state index in [4.69, 9.17) is 16.3 Å². The van der Waals surface area contributed by atoms with Crippen molar-refractivity contribution >= 4 is 40.7 Å². The molecule has 0 radical (unpaired) electrons. The van der Waals surface area contributed by atoms with Gasteiger partial charge in [-0.3, -0.25) is 4.79 Å². The molecule has 0 bridgehead atoms. The van der Waals surface area contributed by atoms with Gasteiger partial charge in [0.05, 0.1) is 18.4 Å². The molecule has 142 valence electrons. The summed E-state index contributed by atoms with van der Waals surface area (Å²) in [5.74, 6) is -0.589. The number of nitrogens with zero attached hydrogens (tertiary/aromatic N) is 2. The molecule has 0 aliphatic rings. The molecule has 0 saturated carbocycles. The minimum absolute atomic E-state index is 0.136. The van der Waals surface area contributed by atoms with Crippen molar-refractivity contribution < 1.29 is 14.3 Å². The number of hydrogen-bond donors (Lipinski definition) is 2. The average molecular weight is 397 g/mol. The van der Waals surface area contributed by atoms with E-state index in [0.29, 0.717) is 16.5 Å². The number of ether oxygens (including phenoxy) is 1. The highest BCUT2D eigenvalue weighted by Gasteiger charge is 2.15. The molecule has 0 aliphatic carbocycles. The van der Waals surface area contributed by atoms with E-state index >= 15 is 0 Å². The van der Waals surface area contributed by atoms with Gasteiger partial charge in [0.1, 0.15) is 17.8 Å². The quantitative estimate of drug-likeness (QED) is 0.627. The van der Waals surface area contributed by atoms with Gasteiger partial charge in [-0.25, -0.2) is 14.8 Å². The molecule has 7 nitrogen and oxygen atoms in total. The summed E-state index contributed by atoms with van der Waals surface area (Å²) in [7, 11) is 1.28. The molecule has 0 unspecified atom stereocenters. The second kappa shape index (κ2) is 8.49. The van der Waals surface area contributed by atoms with Crippen LogP contribution in [0.5, 0.6) is 0 Å². The van der Waals surface area contributed by atoms with Crippen LogP contribution < -0.4 is 10.6 Å². The Morgan fingerprint density at radius 1 is 1.04 bits per heavy atom. The predicted molar refractivity (Wildman–Crippen MR) is 107 cm³/mol. The number of nitrogens with one attached hydrogen (secondary N) is 2. The summed E-state index contributed by atoms with van der Waals surface area (Å²) >= 11 is 6.13. The standard InChI is InChI=1S/C20H17ClN4O3/c1-12-14(21)7-5-9-15(12)24-18-10-17(22-11-23-18)19(26)25-16-8-4-3-6-13(16)20(27)28-2/h3-11H,1-2H3,(H,25,26)(H,22,23,24). The summed E-state index contributed by atoms with van der Waals surface area (Å²) in [5, 5.41) is 6.42.